The minimum atomic E-state index is -0.0291. The Morgan fingerprint density at radius 2 is 1.00 bits per heavy atom. The Kier molecular flexibility index (Phi) is 8.04. The Hall–Kier alpha value is -4.00. The van der Waals surface area contributed by atoms with E-state index in [0.717, 1.165) is 0 Å². The van der Waals surface area contributed by atoms with Gasteiger partial charge >= 0.3 is 0 Å². The average Bonchev–Trinajstić information content (AvgIpc) is 2.65. The molecule has 6 heteroatoms. The molecule has 0 radical (unpaired) electrons. The second kappa shape index (κ2) is 10.7. The van der Waals surface area contributed by atoms with Gasteiger partial charge in [-0.2, -0.15) is 21.0 Å². The number of nitriles is 4. The molecule has 0 saturated heterocycles. The number of ether oxygens (including phenoxy) is 2. The van der Waals surface area contributed by atoms with Crippen molar-refractivity contribution in [3.8, 4) is 35.8 Å². The summed E-state index contributed by atoms with van der Waals surface area (Å²) in [5, 5.41) is 33.7. The maximum atomic E-state index is 8.60. The molecule has 0 spiro atoms. The van der Waals surface area contributed by atoms with Crippen LogP contribution in [-0.2, 0) is 0 Å². The van der Waals surface area contributed by atoms with E-state index >= 15 is 0 Å². The van der Waals surface area contributed by atoms with Gasteiger partial charge in [0, 0.05) is 0 Å². The molecule has 0 amide bonds. The molecule has 0 N–H and O–H groups in total. The highest BCUT2D eigenvalue weighted by atomic mass is 16.5. The summed E-state index contributed by atoms with van der Waals surface area (Å²) < 4.78 is 9.99. The number of nitrogens with zero attached hydrogens (tertiary/aromatic N) is 4. The summed E-state index contributed by atoms with van der Waals surface area (Å²) in [6.07, 6.45) is 0. The lowest BCUT2D eigenvalue weighted by Gasteiger charge is -2.01. The van der Waals surface area contributed by atoms with Crippen LogP contribution in [0.25, 0.3) is 0 Å². The second-order valence-electron chi connectivity index (χ2n) is 4.11. The van der Waals surface area contributed by atoms with Gasteiger partial charge in [0.05, 0.1) is 11.1 Å². The van der Waals surface area contributed by atoms with Crippen LogP contribution in [0.5, 0.6) is 11.5 Å². The highest BCUT2D eigenvalue weighted by molar-refractivity contribution is 5.43. The molecular weight excluding hydrogens is 304 g/mol. The summed E-state index contributed by atoms with van der Waals surface area (Å²) >= 11 is 0. The van der Waals surface area contributed by atoms with Gasteiger partial charge in [-0.3, -0.25) is 0 Å². The molecule has 0 aliphatic carbocycles. The molecule has 0 atom stereocenters. The zero-order valence-corrected chi connectivity index (χ0v) is 12.6. The normalized spacial score (nSPS) is 8.17. The smallest absolute Gasteiger partial charge is 0.174 e. The second-order valence-corrected chi connectivity index (χ2v) is 4.11. The van der Waals surface area contributed by atoms with E-state index in [0.29, 0.717) is 22.6 Å². The first kappa shape index (κ1) is 18.1. The van der Waals surface area contributed by atoms with Crippen LogP contribution >= 0.6 is 0 Å². The van der Waals surface area contributed by atoms with Crippen molar-refractivity contribution in [1.82, 2.24) is 0 Å². The van der Waals surface area contributed by atoms with Crippen molar-refractivity contribution in [2.45, 2.75) is 0 Å². The molecule has 2 aromatic carbocycles. The standard InChI is InChI=1S/2C9H6N2O/c2*10-5-6-12-9-4-2-1-3-8(9)7-11/h2*1-4H,6H2. The molecule has 0 saturated carbocycles. The molecular formula is C18H12N4O2. The Labute approximate surface area is 139 Å². The Bertz CT molecular complexity index is 764. The van der Waals surface area contributed by atoms with Crippen LogP contribution in [0.1, 0.15) is 11.1 Å². The van der Waals surface area contributed by atoms with Crippen LogP contribution in [0, 0.1) is 45.3 Å². The van der Waals surface area contributed by atoms with Crippen molar-refractivity contribution in [1.29, 1.82) is 21.0 Å². The number of rotatable bonds is 4. The highest BCUT2D eigenvalue weighted by Gasteiger charge is 2.00. The maximum Gasteiger partial charge on any atom is 0.174 e. The molecule has 0 aromatic heterocycles. The quantitative estimate of drug-likeness (QED) is 0.856. The van der Waals surface area contributed by atoms with Crippen LogP contribution in [-0.4, -0.2) is 13.2 Å². The molecule has 0 unspecified atom stereocenters. The number of benzene rings is 2. The van der Waals surface area contributed by atoms with E-state index < -0.39 is 0 Å². The Morgan fingerprint density at radius 3 is 1.33 bits per heavy atom. The summed E-state index contributed by atoms with van der Waals surface area (Å²) in [5.41, 5.74) is 0.903. The average molecular weight is 316 g/mol. The molecule has 116 valence electrons. The fourth-order valence-electron chi connectivity index (χ4n) is 1.59. The van der Waals surface area contributed by atoms with Crippen LogP contribution in [0.4, 0.5) is 0 Å². The van der Waals surface area contributed by atoms with Gasteiger partial charge in [0.1, 0.15) is 35.8 Å². The fourth-order valence-corrected chi connectivity index (χ4v) is 1.59. The monoisotopic (exact) mass is 316 g/mol. The lowest BCUT2D eigenvalue weighted by molar-refractivity contribution is 0.367. The summed E-state index contributed by atoms with van der Waals surface area (Å²) in [4.78, 5) is 0. The summed E-state index contributed by atoms with van der Waals surface area (Å²) in [5.74, 6) is 0.920. The van der Waals surface area contributed by atoms with E-state index in [2.05, 4.69) is 0 Å². The van der Waals surface area contributed by atoms with Gasteiger partial charge in [-0.15, -0.1) is 0 Å². The van der Waals surface area contributed by atoms with Gasteiger partial charge in [-0.05, 0) is 24.3 Å². The highest BCUT2D eigenvalue weighted by Crippen LogP contribution is 2.16. The largest absolute Gasteiger partial charge is 0.477 e. The van der Waals surface area contributed by atoms with E-state index in [1.165, 1.54) is 0 Å². The van der Waals surface area contributed by atoms with Crippen molar-refractivity contribution in [2.75, 3.05) is 13.2 Å². The van der Waals surface area contributed by atoms with Crippen molar-refractivity contribution in [3.63, 3.8) is 0 Å². The molecule has 0 bridgehead atoms. The van der Waals surface area contributed by atoms with Gasteiger partial charge in [0.2, 0.25) is 0 Å². The SMILES string of the molecule is N#CCOc1ccccc1C#N.N#CCOc1ccccc1C#N. The molecule has 24 heavy (non-hydrogen) atoms. The Balaban J connectivity index is 0.000000240. The molecule has 0 aliphatic heterocycles. The predicted octanol–water partition coefficient (Wildman–Crippen LogP) is 2.92. The minimum Gasteiger partial charge on any atom is -0.477 e. The van der Waals surface area contributed by atoms with Crippen molar-refractivity contribution < 1.29 is 9.47 Å². The lowest BCUT2D eigenvalue weighted by atomic mass is 10.2. The first-order valence-electron chi connectivity index (χ1n) is 6.74. The molecule has 0 heterocycles. The fraction of sp³-hybridized carbons (Fsp3) is 0.111. The molecule has 2 aromatic rings. The molecule has 6 nitrogen and oxygen atoms in total. The minimum absolute atomic E-state index is 0.0291. The third kappa shape index (κ3) is 5.78. The van der Waals surface area contributed by atoms with E-state index in [4.69, 9.17) is 30.5 Å². The Morgan fingerprint density at radius 1 is 0.625 bits per heavy atom. The van der Waals surface area contributed by atoms with Crippen LogP contribution in [0.15, 0.2) is 48.5 Å². The van der Waals surface area contributed by atoms with Gasteiger partial charge in [-0.25, -0.2) is 0 Å². The van der Waals surface area contributed by atoms with E-state index in [-0.39, 0.29) is 13.2 Å². The van der Waals surface area contributed by atoms with Crippen molar-refractivity contribution >= 4 is 0 Å². The summed E-state index contributed by atoms with van der Waals surface area (Å²) in [6.45, 7) is -0.0581. The van der Waals surface area contributed by atoms with E-state index in [1.54, 1.807) is 48.5 Å². The molecule has 0 aliphatic rings. The van der Waals surface area contributed by atoms with Crippen LogP contribution < -0.4 is 9.47 Å². The van der Waals surface area contributed by atoms with Crippen molar-refractivity contribution in [2.24, 2.45) is 0 Å². The summed E-state index contributed by atoms with van der Waals surface area (Å²) in [6, 6.07) is 21.2. The number of hydrogen-bond donors (Lipinski definition) is 0. The van der Waals surface area contributed by atoms with Gasteiger partial charge in [0.25, 0.3) is 0 Å². The van der Waals surface area contributed by atoms with Gasteiger partial charge < -0.3 is 9.47 Å². The van der Waals surface area contributed by atoms with Gasteiger partial charge in [-0.1, -0.05) is 24.3 Å². The predicted molar refractivity (Wildman–Crippen MR) is 84.5 cm³/mol. The van der Waals surface area contributed by atoms with E-state index in [1.807, 2.05) is 24.3 Å². The first-order valence-corrected chi connectivity index (χ1v) is 6.74. The zero-order valence-electron chi connectivity index (χ0n) is 12.6. The van der Waals surface area contributed by atoms with Gasteiger partial charge in [0.15, 0.2) is 13.2 Å². The maximum absolute atomic E-state index is 8.60. The van der Waals surface area contributed by atoms with Crippen LogP contribution in [0.2, 0.25) is 0 Å². The number of para-hydroxylation sites is 2. The third-order valence-electron chi connectivity index (χ3n) is 2.60. The first-order chi connectivity index (χ1) is 11.8. The summed E-state index contributed by atoms with van der Waals surface area (Å²) in [7, 11) is 0. The molecule has 2 rings (SSSR count). The van der Waals surface area contributed by atoms with E-state index in [9.17, 15) is 0 Å². The van der Waals surface area contributed by atoms with Crippen molar-refractivity contribution in [3.05, 3.63) is 59.7 Å². The van der Waals surface area contributed by atoms with Crippen LogP contribution in [0.3, 0.4) is 0 Å². The molecule has 0 fully saturated rings. The number of hydrogen-bond acceptors (Lipinski definition) is 6. The topological polar surface area (TPSA) is 114 Å². The third-order valence-corrected chi connectivity index (χ3v) is 2.60. The lowest BCUT2D eigenvalue weighted by Crippen LogP contribution is -1.95. The zero-order chi connectivity index (χ0) is 17.6.